The molecule has 21 heavy (non-hydrogen) atoms. The Morgan fingerprint density at radius 1 is 0.952 bits per heavy atom. The van der Waals surface area contributed by atoms with Gasteiger partial charge in [-0.15, -0.1) is 0 Å². The summed E-state index contributed by atoms with van der Waals surface area (Å²) in [6.07, 6.45) is -16.3. The largest absolute Gasteiger partial charge is 0.426 e. The van der Waals surface area contributed by atoms with E-state index in [-0.39, 0.29) is 15.6 Å². The van der Waals surface area contributed by atoms with Crippen molar-refractivity contribution in [2.75, 3.05) is 0 Å². The average Bonchev–Trinajstić information content (AvgIpc) is 2.29. The molecule has 0 amide bonds. The molecule has 1 unspecified atom stereocenters. The fourth-order valence-corrected chi connectivity index (χ4v) is 1.82. The van der Waals surface area contributed by atoms with Gasteiger partial charge in [-0.1, -0.05) is 29.3 Å². The summed E-state index contributed by atoms with van der Waals surface area (Å²) in [6.45, 7) is 0. The Hall–Kier alpha value is -0.700. The van der Waals surface area contributed by atoms with Crippen LogP contribution in [0.1, 0.15) is 18.1 Å². The van der Waals surface area contributed by atoms with Gasteiger partial charge in [-0.3, -0.25) is 0 Å². The molecule has 1 rings (SSSR count). The van der Waals surface area contributed by atoms with Gasteiger partial charge >= 0.3 is 12.4 Å². The molecule has 0 bridgehead atoms. The van der Waals surface area contributed by atoms with Crippen molar-refractivity contribution >= 4 is 23.2 Å². The van der Waals surface area contributed by atoms with Gasteiger partial charge in [-0.05, 0) is 17.7 Å². The van der Waals surface area contributed by atoms with E-state index >= 15 is 0 Å². The van der Waals surface area contributed by atoms with Crippen LogP contribution in [0.4, 0.5) is 26.3 Å². The molecule has 1 aromatic carbocycles. The smallest absolute Gasteiger partial charge is 0.388 e. The van der Waals surface area contributed by atoms with Crippen molar-refractivity contribution in [3.63, 3.8) is 0 Å². The highest BCUT2D eigenvalue weighted by Crippen LogP contribution is 2.47. The zero-order valence-electron chi connectivity index (χ0n) is 9.93. The minimum absolute atomic E-state index is 0.00882. The summed E-state index contributed by atoms with van der Waals surface area (Å²) in [4.78, 5) is 0. The quantitative estimate of drug-likeness (QED) is 0.794. The van der Waals surface area contributed by atoms with Crippen LogP contribution < -0.4 is 0 Å². The predicted octanol–water partition coefficient (Wildman–Crippen LogP) is 4.27. The number of alkyl halides is 6. The lowest BCUT2D eigenvalue weighted by Crippen LogP contribution is -2.57. The summed E-state index contributed by atoms with van der Waals surface area (Å²) in [6, 6.07) is 3.02. The van der Waals surface area contributed by atoms with Crippen LogP contribution in [0.3, 0.4) is 0 Å². The first-order valence-corrected chi connectivity index (χ1v) is 6.04. The molecule has 0 aliphatic heterocycles. The lowest BCUT2D eigenvalue weighted by atomic mass is 9.91. The molecule has 0 aliphatic carbocycles. The maximum absolute atomic E-state index is 12.5. The maximum Gasteiger partial charge on any atom is 0.426 e. The number of hydrogen-bond donors (Lipinski definition) is 2. The van der Waals surface area contributed by atoms with E-state index in [1.807, 2.05) is 0 Å². The third-order valence-electron chi connectivity index (χ3n) is 2.76. The lowest BCUT2D eigenvalue weighted by molar-refractivity contribution is -0.374. The van der Waals surface area contributed by atoms with E-state index in [2.05, 4.69) is 0 Å². The van der Waals surface area contributed by atoms with E-state index < -0.39 is 30.5 Å². The minimum atomic E-state index is -6.00. The predicted molar refractivity (Wildman–Crippen MR) is 63.1 cm³/mol. The molecule has 0 fully saturated rings. The van der Waals surface area contributed by atoms with Crippen molar-refractivity contribution in [2.45, 2.75) is 30.5 Å². The Balaban J connectivity index is 3.12. The van der Waals surface area contributed by atoms with Crippen molar-refractivity contribution < 1.29 is 36.6 Å². The summed E-state index contributed by atoms with van der Waals surface area (Å²) in [5.41, 5.74) is -5.37. The number of hydrogen-bond acceptors (Lipinski definition) is 2. The van der Waals surface area contributed by atoms with Crippen molar-refractivity contribution in [2.24, 2.45) is 0 Å². The molecule has 2 nitrogen and oxygen atoms in total. The highest BCUT2D eigenvalue weighted by molar-refractivity contribution is 6.42. The highest BCUT2D eigenvalue weighted by atomic mass is 35.5. The lowest BCUT2D eigenvalue weighted by Gasteiger charge is -2.33. The highest BCUT2D eigenvalue weighted by Gasteiger charge is 2.70. The number of rotatable bonds is 3. The molecular formula is C11H8Cl2F6O2. The molecule has 10 heteroatoms. The molecule has 2 N–H and O–H groups in total. The summed E-state index contributed by atoms with van der Waals surface area (Å²) < 4.78 is 74.9. The number of benzene rings is 1. The standard InChI is InChI=1S/C11H8Cl2F6O2/c12-6-2-1-5(3-7(6)13)8(20)4-9(21,10(14,15)16)11(17,18)19/h1-3,8,20-21H,4H2. The molecule has 1 aromatic rings. The van der Waals surface area contributed by atoms with E-state index in [1.54, 1.807) is 0 Å². The van der Waals surface area contributed by atoms with Crippen LogP contribution in [0.25, 0.3) is 0 Å². The van der Waals surface area contributed by atoms with E-state index in [1.165, 1.54) is 0 Å². The van der Waals surface area contributed by atoms with Crippen LogP contribution in [0.15, 0.2) is 18.2 Å². The molecule has 0 radical (unpaired) electrons. The van der Waals surface area contributed by atoms with Gasteiger partial charge in [0.1, 0.15) is 0 Å². The van der Waals surface area contributed by atoms with Crippen molar-refractivity contribution in [3.8, 4) is 0 Å². The Morgan fingerprint density at radius 2 is 1.43 bits per heavy atom. The normalized spacial score (nSPS) is 15.1. The van der Waals surface area contributed by atoms with Gasteiger partial charge in [-0.2, -0.15) is 26.3 Å². The van der Waals surface area contributed by atoms with Gasteiger partial charge in [0.25, 0.3) is 5.60 Å². The van der Waals surface area contributed by atoms with E-state index in [0.717, 1.165) is 18.2 Å². The summed E-state index contributed by atoms with van der Waals surface area (Å²) >= 11 is 11.1. The van der Waals surface area contributed by atoms with Crippen molar-refractivity contribution in [3.05, 3.63) is 33.8 Å². The first kappa shape index (κ1) is 18.3. The maximum atomic E-state index is 12.5. The molecule has 0 saturated carbocycles. The van der Waals surface area contributed by atoms with Gasteiger partial charge in [0, 0.05) is 6.42 Å². The Labute approximate surface area is 124 Å². The summed E-state index contributed by atoms with van der Waals surface area (Å²) in [7, 11) is 0. The van der Waals surface area contributed by atoms with E-state index in [4.69, 9.17) is 28.3 Å². The van der Waals surface area contributed by atoms with Crippen LogP contribution in [-0.2, 0) is 0 Å². The molecule has 1 atom stereocenters. The van der Waals surface area contributed by atoms with Crippen molar-refractivity contribution in [1.82, 2.24) is 0 Å². The molecule has 120 valence electrons. The van der Waals surface area contributed by atoms with Crippen molar-refractivity contribution in [1.29, 1.82) is 0 Å². The summed E-state index contributed by atoms with van der Waals surface area (Å²) in [5.74, 6) is 0. The molecular weight excluding hydrogens is 349 g/mol. The van der Waals surface area contributed by atoms with Crippen LogP contribution in [0.2, 0.25) is 10.0 Å². The monoisotopic (exact) mass is 356 g/mol. The number of aliphatic hydroxyl groups excluding tert-OH is 1. The van der Waals surface area contributed by atoms with Gasteiger partial charge in [0.2, 0.25) is 0 Å². The van der Waals surface area contributed by atoms with E-state index in [9.17, 15) is 31.4 Å². The SMILES string of the molecule is OC(CC(O)(C(F)(F)F)C(F)(F)F)c1ccc(Cl)c(Cl)c1. The second-order valence-corrected chi connectivity index (χ2v) is 5.06. The topological polar surface area (TPSA) is 40.5 Å². The first-order chi connectivity index (χ1) is 9.29. The second kappa shape index (κ2) is 5.83. The Bertz CT molecular complexity index is 500. The Morgan fingerprint density at radius 3 is 1.81 bits per heavy atom. The van der Waals surface area contributed by atoms with Crippen LogP contribution in [-0.4, -0.2) is 28.2 Å². The molecule has 0 saturated heterocycles. The van der Waals surface area contributed by atoms with E-state index in [0.29, 0.717) is 0 Å². The summed E-state index contributed by atoms with van der Waals surface area (Å²) in [5, 5.41) is 18.4. The third kappa shape index (κ3) is 3.74. The average molecular weight is 357 g/mol. The van der Waals surface area contributed by atoms with Gasteiger partial charge in [-0.25, -0.2) is 0 Å². The molecule has 0 aliphatic rings. The minimum Gasteiger partial charge on any atom is -0.388 e. The number of aliphatic hydroxyl groups is 2. The zero-order valence-corrected chi connectivity index (χ0v) is 11.4. The number of halogens is 8. The van der Waals surface area contributed by atoms with Crippen LogP contribution >= 0.6 is 23.2 Å². The van der Waals surface area contributed by atoms with Gasteiger partial charge in [0.05, 0.1) is 16.1 Å². The fourth-order valence-electron chi connectivity index (χ4n) is 1.51. The molecule has 0 spiro atoms. The van der Waals surface area contributed by atoms with Crippen LogP contribution in [0, 0.1) is 0 Å². The zero-order chi connectivity index (χ0) is 16.6. The first-order valence-electron chi connectivity index (χ1n) is 5.28. The van der Waals surface area contributed by atoms with Gasteiger partial charge < -0.3 is 10.2 Å². The molecule has 0 heterocycles. The third-order valence-corrected chi connectivity index (χ3v) is 3.49. The fraction of sp³-hybridized carbons (Fsp3) is 0.455. The van der Waals surface area contributed by atoms with Gasteiger partial charge in [0.15, 0.2) is 0 Å². The van der Waals surface area contributed by atoms with Crippen LogP contribution in [0.5, 0.6) is 0 Å². The molecule has 0 aromatic heterocycles. The second-order valence-electron chi connectivity index (χ2n) is 4.25. The Kier molecular flexibility index (Phi) is 5.09.